The lowest BCUT2D eigenvalue weighted by Crippen LogP contribution is -2.48. The largest absolute Gasteiger partial charge is 0.356 e. The van der Waals surface area contributed by atoms with Gasteiger partial charge in [0.05, 0.1) is 0 Å². The van der Waals surface area contributed by atoms with Gasteiger partial charge in [-0.05, 0) is 12.5 Å². The summed E-state index contributed by atoms with van der Waals surface area (Å²) in [5, 5.41) is 3.46. The summed E-state index contributed by atoms with van der Waals surface area (Å²) in [5.74, 6) is 1.04. The number of guanidine groups is 1. The van der Waals surface area contributed by atoms with Gasteiger partial charge in [-0.3, -0.25) is 4.99 Å². The molecule has 3 nitrogen and oxygen atoms in total. The van der Waals surface area contributed by atoms with E-state index >= 15 is 0 Å². The lowest BCUT2D eigenvalue weighted by Gasteiger charge is -2.34. The van der Waals surface area contributed by atoms with Crippen molar-refractivity contribution in [2.24, 2.45) is 10.4 Å². The molecule has 0 unspecified atom stereocenters. The predicted octanol–water partition coefficient (Wildman–Crippen LogP) is 2.49. The van der Waals surface area contributed by atoms with Crippen LogP contribution in [0.5, 0.6) is 0 Å². The zero-order valence-electron chi connectivity index (χ0n) is 11.6. The standard InChI is InChI=1S/C15H23N3/c1-4-18(10-13-8-6-5-7-9-13)14-16-11-15(2,3)12-17-14/h5-9H,4,10-12H2,1-3H3,(H,16,17). The quantitative estimate of drug-likeness (QED) is 0.886. The Kier molecular flexibility index (Phi) is 3.90. The second kappa shape index (κ2) is 5.42. The zero-order chi connectivity index (χ0) is 13.0. The highest BCUT2D eigenvalue weighted by Gasteiger charge is 2.24. The third-order valence-corrected chi connectivity index (χ3v) is 3.28. The van der Waals surface area contributed by atoms with Crippen LogP contribution in [0.1, 0.15) is 26.3 Å². The monoisotopic (exact) mass is 245 g/mol. The van der Waals surface area contributed by atoms with Gasteiger partial charge >= 0.3 is 0 Å². The van der Waals surface area contributed by atoms with E-state index in [1.807, 2.05) is 0 Å². The number of hydrogen-bond acceptors (Lipinski definition) is 3. The van der Waals surface area contributed by atoms with Gasteiger partial charge in [0.15, 0.2) is 5.96 Å². The second-order valence-electron chi connectivity index (χ2n) is 5.66. The summed E-state index contributed by atoms with van der Waals surface area (Å²) >= 11 is 0. The number of aliphatic imine (C=N–C) groups is 1. The highest BCUT2D eigenvalue weighted by molar-refractivity contribution is 5.80. The first-order chi connectivity index (χ1) is 8.61. The van der Waals surface area contributed by atoms with Crippen LogP contribution >= 0.6 is 0 Å². The number of benzene rings is 1. The summed E-state index contributed by atoms with van der Waals surface area (Å²) < 4.78 is 0. The Morgan fingerprint density at radius 2 is 2.00 bits per heavy atom. The molecule has 1 aromatic rings. The molecule has 18 heavy (non-hydrogen) atoms. The average Bonchev–Trinajstić information content (AvgIpc) is 2.38. The van der Waals surface area contributed by atoms with Gasteiger partial charge in [0.25, 0.3) is 0 Å². The third-order valence-electron chi connectivity index (χ3n) is 3.28. The molecule has 0 saturated carbocycles. The Morgan fingerprint density at radius 1 is 1.28 bits per heavy atom. The van der Waals surface area contributed by atoms with E-state index in [2.05, 4.69) is 66.3 Å². The lowest BCUT2D eigenvalue weighted by molar-refractivity contribution is 0.327. The SMILES string of the molecule is CCN(Cc1ccccc1)C1=NCC(C)(C)CN1. The maximum absolute atomic E-state index is 4.68. The average molecular weight is 245 g/mol. The van der Waals surface area contributed by atoms with Crippen LogP contribution in [0.4, 0.5) is 0 Å². The molecule has 2 rings (SSSR count). The number of nitrogens with zero attached hydrogens (tertiary/aromatic N) is 2. The number of nitrogens with one attached hydrogen (secondary N) is 1. The first-order valence-corrected chi connectivity index (χ1v) is 6.68. The maximum atomic E-state index is 4.68. The molecule has 1 heterocycles. The van der Waals surface area contributed by atoms with Gasteiger partial charge < -0.3 is 10.2 Å². The van der Waals surface area contributed by atoms with Crippen LogP contribution in [0.3, 0.4) is 0 Å². The van der Waals surface area contributed by atoms with Crippen molar-refractivity contribution in [2.75, 3.05) is 19.6 Å². The molecule has 3 heteroatoms. The van der Waals surface area contributed by atoms with Crippen molar-refractivity contribution in [2.45, 2.75) is 27.3 Å². The summed E-state index contributed by atoms with van der Waals surface area (Å²) in [7, 11) is 0. The van der Waals surface area contributed by atoms with Gasteiger partial charge in [0.2, 0.25) is 0 Å². The Hall–Kier alpha value is -1.51. The van der Waals surface area contributed by atoms with Crippen molar-refractivity contribution >= 4 is 5.96 Å². The summed E-state index contributed by atoms with van der Waals surface area (Å²) in [6.45, 7) is 10.5. The van der Waals surface area contributed by atoms with Crippen molar-refractivity contribution in [3.63, 3.8) is 0 Å². The predicted molar refractivity (Wildman–Crippen MR) is 76.6 cm³/mol. The van der Waals surface area contributed by atoms with E-state index in [4.69, 9.17) is 0 Å². The minimum Gasteiger partial charge on any atom is -0.356 e. The van der Waals surface area contributed by atoms with Crippen LogP contribution in [0.25, 0.3) is 0 Å². The smallest absolute Gasteiger partial charge is 0.194 e. The third kappa shape index (κ3) is 3.25. The molecule has 0 fully saturated rings. The van der Waals surface area contributed by atoms with E-state index in [-0.39, 0.29) is 5.41 Å². The van der Waals surface area contributed by atoms with Gasteiger partial charge in [0, 0.05) is 31.6 Å². The fourth-order valence-corrected chi connectivity index (χ4v) is 2.07. The summed E-state index contributed by atoms with van der Waals surface area (Å²) in [5.41, 5.74) is 1.60. The van der Waals surface area contributed by atoms with Crippen LogP contribution in [-0.2, 0) is 6.54 Å². The Bertz CT molecular complexity index is 409. The van der Waals surface area contributed by atoms with Gasteiger partial charge in [-0.1, -0.05) is 44.2 Å². The molecule has 0 saturated heterocycles. The lowest BCUT2D eigenvalue weighted by atomic mass is 9.93. The first kappa shape index (κ1) is 12.9. The van der Waals surface area contributed by atoms with Crippen LogP contribution in [0, 0.1) is 5.41 Å². The fourth-order valence-electron chi connectivity index (χ4n) is 2.07. The molecular weight excluding hydrogens is 222 g/mol. The van der Waals surface area contributed by atoms with E-state index < -0.39 is 0 Å². The molecule has 1 aromatic carbocycles. The molecule has 0 radical (unpaired) electrons. The fraction of sp³-hybridized carbons (Fsp3) is 0.533. The molecule has 0 amide bonds. The molecule has 98 valence electrons. The maximum Gasteiger partial charge on any atom is 0.194 e. The molecule has 0 spiro atoms. The molecule has 0 aromatic heterocycles. The molecular formula is C15H23N3. The van der Waals surface area contributed by atoms with Crippen molar-refractivity contribution < 1.29 is 0 Å². The van der Waals surface area contributed by atoms with Crippen LogP contribution in [0.15, 0.2) is 35.3 Å². The minimum atomic E-state index is 0.273. The molecule has 1 N–H and O–H groups in total. The Balaban J connectivity index is 2.04. The van der Waals surface area contributed by atoms with E-state index in [1.165, 1.54) is 5.56 Å². The molecule has 0 bridgehead atoms. The summed E-state index contributed by atoms with van der Waals surface area (Å²) in [6.07, 6.45) is 0. The van der Waals surface area contributed by atoms with Crippen molar-refractivity contribution in [1.29, 1.82) is 0 Å². The van der Waals surface area contributed by atoms with Gasteiger partial charge in [-0.2, -0.15) is 0 Å². The van der Waals surface area contributed by atoms with Crippen molar-refractivity contribution in [1.82, 2.24) is 10.2 Å². The molecule has 0 atom stereocenters. The first-order valence-electron chi connectivity index (χ1n) is 6.68. The van der Waals surface area contributed by atoms with Gasteiger partial charge in [0.1, 0.15) is 0 Å². The molecule has 0 aliphatic carbocycles. The Morgan fingerprint density at radius 3 is 2.56 bits per heavy atom. The van der Waals surface area contributed by atoms with Crippen LogP contribution in [0.2, 0.25) is 0 Å². The van der Waals surface area contributed by atoms with Crippen LogP contribution < -0.4 is 5.32 Å². The van der Waals surface area contributed by atoms with Gasteiger partial charge in [-0.15, -0.1) is 0 Å². The minimum absolute atomic E-state index is 0.273. The number of hydrogen-bond donors (Lipinski definition) is 1. The molecule has 1 aliphatic heterocycles. The summed E-state index contributed by atoms with van der Waals surface area (Å²) in [4.78, 5) is 6.98. The van der Waals surface area contributed by atoms with Crippen molar-refractivity contribution in [3.8, 4) is 0 Å². The highest BCUT2D eigenvalue weighted by Crippen LogP contribution is 2.18. The summed E-state index contributed by atoms with van der Waals surface area (Å²) in [6, 6.07) is 10.6. The van der Waals surface area contributed by atoms with Crippen LogP contribution in [-0.4, -0.2) is 30.5 Å². The van der Waals surface area contributed by atoms with E-state index in [1.54, 1.807) is 0 Å². The Labute approximate surface area is 110 Å². The number of rotatable bonds is 3. The topological polar surface area (TPSA) is 27.6 Å². The molecule has 1 aliphatic rings. The van der Waals surface area contributed by atoms with Crippen molar-refractivity contribution in [3.05, 3.63) is 35.9 Å². The highest BCUT2D eigenvalue weighted by atomic mass is 15.3. The second-order valence-corrected chi connectivity index (χ2v) is 5.66. The normalized spacial score (nSPS) is 17.8. The van der Waals surface area contributed by atoms with E-state index in [0.29, 0.717) is 0 Å². The van der Waals surface area contributed by atoms with E-state index in [0.717, 1.165) is 32.1 Å². The zero-order valence-corrected chi connectivity index (χ0v) is 11.6. The van der Waals surface area contributed by atoms with E-state index in [9.17, 15) is 0 Å². The van der Waals surface area contributed by atoms with Gasteiger partial charge in [-0.25, -0.2) is 0 Å².